The van der Waals surface area contributed by atoms with Crippen LogP contribution in [0.3, 0.4) is 0 Å². The van der Waals surface area contributed by atoms with Crippen LogP contribution in [-0.2, 0) is 5.41 Å². The van der Waals surface area contributed by atoms with E-state index in [9.17, 15) is 4.79 Å². The molecule has 0 bridgehead atoms. The lowest BCUT2D eigenvalue weighted by Crippen LogP contribution is -2.29. The van der Waals surface area contributed by atoms with Gasteiger partial charge in [0.1, 0.15) is 5.82 Å². The number of rotatable bonds is 4. The molecule has 0 unspecified atom stereocenters. The van der Waals surface area contributed by atoms with Crippen LogP contribution in [0.1, 0.15) is 49.7 Å². The summed E-state index contributed by atoms with van der Waals surface area (Å²) in [6.45, 7) is 7.19. The number of nitrogens with zero attached hydrogens (tertiary/aromatic N) is 2. The van der Waals surface area contributed by atoms with Gasteiger partial charge in [-0.3, -0.25) is 4.79 Å². The maximum atomic E-state index is 12.5. The summed E-state index contributed by atoms with van der Waals surface area (Å²) in [5, 5.41) is 3.04. The minimum Gasteiger partial charge on any atom is -0.373 e. The average Bonchev–Trinajstić information content (AvgIpc) is 3.20. The maximum absolute atomic E-state index is 12.5. The summed E-state index contributed by atoms with van der Waals surface area (Å²) in [6, 6.07) is 3.76. The second-order valence-corrected chi connectivity index (χ2v) is 6.76. The molecule has 1 saturated carbocycles. The first-order chi connectivity index (χ1) is 9.31. The summed E-state index contributed by atoms with van der Waals surface area (Å²) in [4.78, 5) is 18.9. The van der Waals surface area contributed by atoms with Crippen LogP contribution in [0.4, 0.5) is 5.82 Å². The summed E-state index contributed by atoms with van der Waals surface area (Å²) in [6.07, 6.45) is 2.51. The lowest BCUT2D eigenvalue weighted by molar-refractivity contribution is 0.0788. The van der Waals surface area contributed by atoms with E-state index < -0.39 is 0 Å². The van der Waals surface area contributed by atoms with Gasteiger partial charge < -0.3 is 10.2 Å². The molecule has 1 aromatic heterocycles. The summed E-state index contributed by atoms with van der Waals surface area (Å²) >= 11 is 0. The Bertz CT molecular complexity index is 501. The molecule has 0 saturated heterocycles. The highest BCUT2D eigenvalue weighted by Crippen LogP contribution is 2.30. The van der Waals surface area contributed by atoms with Crippen LogP contribution in [0.25, 0.3) is 0 Å². The molecule has 2 rings (SSSR count). The summed E-state index contributed by atoms with van der Waals surface area (Å²) < 4.78 is 0. The minimum atomic E-state index is -0.0725. The second kappa shape index (κ2) is 5.43. The van der Waals surface area contributed by atoms with E-state index in [-0.39, 0.29) is 11.3 Å². The van der Waals surface area contributed by atoms with Crippen molar-refractivity contribution in [3.63, 3.8) is 0 Å². The number of carbonyl (C=O) groups excluding carboxylic acids is 1. The number of hydrogen-bond acceptors (Lipinski definition) is 3. The molecule has 4 nitrogen and oxygen atoms in total. The molecule has 4 heteroatoms. The van der Waals surface area contributed by atoms with Crippen LogP contribution in [0.5, 0.6) is 0 Å². The van der Waals surface area contributed by atoms with E-state index in [1.165, 1.54) is 12.8 Å². The van der Waals surface area contributed by atoms with E-state index >= 15 is 0 Å². The van der Waals surface area contributed by atoms with Crippen molar-refractivity contribution >= 4 is 11.7 Å². The van der Waals surface area contributed by atoms with Gasteiger partial charge in [0.2, 0.25) is 0 Å². The number of hydrogen-bond donors (Lipinski definition) is 1. The highest BCUT2D eigenvalue weighted by atomic mass is 16.2. The lowest BCUT2D eigenvalue weighted by Gasteiger charge is -2.22. The van der Waals surface area contributed by atoms with Gasteiger partial charge in [-0.2, -0.15) is 0 Å². The monoisotopic (exact) mass is 275 g/mol. The Kier molecular flexibility index (Phi) is 4.02. The fraction of sp³-hybridized carbons (Fsp3) is 0.625. The zero-order valence-electron chi connectivity index (χ0n) is 13.2. The number of anilines is 1. The van der Waals surface area contributed by atoms with Crippen molar-refractivity contribution in [2.75, 3.05) is 26.0 Å². The van der Waals surface area contributed by atoms with Crippen LogP contribution >= 0.6 is 0 Å². The topological polar surface area (TPSA) is 45.2 Å². The zero-order valence-corrected chi connectivity index (χ0v) is 13.2. The van der Waals surface area contributed by atoms with E-state index in [4.69, 9.17) is 0 Å². The molecule has 1 aliphatic carbocycles. The molecule has 1 heterocycles. The first-order valence-corrected chi connectivity index (χ1v) is 7.27. The van der Waals surface area contributed by atoms with Crippen LogP contribution in [-0.4, -0.2) is 36.4 Å². The van der Waals surface area contributed by atoms with E-state index in [0.29, 0.717) is 5.92 Å². The van der Waals surface area contributed by atoms with Crippen molar-refractivity contribution in [2.45, 2.75) is 39.0 Å². The van der Waals surface area contributed by atoms with E-state index in [2.05, 4.69) is 31.1 Å². The van der Waals surface area contributed by atoms with Gasteiger partial charge in [0.15, 0.2) is 0 Å². The number of carbonyl (C=O) groups is 1. The van der Waals surface area contributed by atoms with Crippen molar-refractivity contribution < 1.29 is 4.79 Å². The fourth-order valence-corrected chi connectivity index (χ4v) is 2.16. The Labute approximate surface area is 121 Å². The molecule has 1 fully saturated rings. The molecule has 110 valence electrons. The van der Waals surface area contributed by atoms with Gasteiger partial charge in [0, 0.05) is 37.3 Å². The average molecular weight is 275 g/mol. The predicted molar refractivity (Wildman–Crippen MR) is 82.2 cm³/mol. The number of nitrogens with one attached hydrogen (secondary N) is 1. The first-order valence-electron chi connectivity index (χ1n) is 7.27. The predicted octanol–water partition coefficient (Wildman–Crippen LogP) is 2.90. The fourth-order valence-electron chi connectivity index (χ4n) is 2.16. The summed E-state index contributed by atoms with van der Waals surface area (Å²) in [5.74, 6) is 1.54. The van der Waals surface area contributed by atoms with Crippen molar-refractivity contribution in [1.29, 1.82) is 0 Å². The molecule has 0 atom stereocenters. The minimum absolute atomic E-state index is 0.0725. The molecule has 0 spiro atoms. The van der Waals surface area contributed by atoms with Gasteiger partial charge in [-0.15, -0.1) is 0 Å². The van der Waals surface area contributed by atoms with Gasteiger partial charge in [-0.25, -0.2) is 4.98 Å². The van der Waals surface area contributed by atoms with Gasteiger partial charge in [-0.1, -0.05) is 20.8 Å². The molecule has 1 amide bonds. The summed E-state index contributed by atoms with van der Waals surface area (Å²) in [5.41, 5.74) is 1.58. The third kappa shape index (κ3) is 3.50. The maximum Gasteiger partial charge on any atom is 0.253 e. The largest absolute Gasteiger partial charge is 0.373 e. The number of aromatic nitrogens is 1. The van der Waals surface area contributed by atoms with E-state index in [0.717, 1.165) is 23.6 Å². The quantitative estimate of drug-likeness (QED) is 0.919. The molecular formula is C16H25N3O. The highest BCUT2D eigenvalue weighted by molar-refractivity contribution is 5.95. The molecular weight excluding hydrogens is 250 g/mol. The molecule has 1 aromatic rings. The van der Waals surface area contributed by atoms with Gasteiger partial charge in [-0.05, 0) is 30.9 Å². The van der Waals surface area contributed by atoms with Crippen molar-refractivity contribution in [3.05, 3.63) is 23.4 Å². The Balaban J connectivity index is 2.27. The molecule has 1 N–H and O–H groups in total. The summed E-state index contributed by atoms with van der Waals surface area (Å²) in [7, 11) is 3.72. The first kappa shape index (κ1) is 14.8. The van der Waals surface area contributed by atoms with Crippen molar-refractivity contribution in [3.8, 4) is 0 Å². The molecule has 0 aromatic carbocycles. The van der Waals surface area contributed by atoms with E-state index in [1.807, 2.05) is 31.1 Å². The van der Waals surface area contributed by atoms with Gasteiger partial charge in [0.25, 0.3) is 5.91 Å². The Morgan fingerprint density at radius 3 is 2.55 bits per heavy atom. The van der Waals surface area contributed by atoms with Crippen molar-refractivity contribution in [2.24, 2.45) is 5.92 Å². The standard InChI is InChI=1S/C16H25N3O/c1-16(2,3)13-8-12(9-14(17-4)18-13)15(20)19(5)10-11-6-7-11/h8-9,11H,6-7,10H2,1-5H3,(H,17,18). The van der Waals surface area contributed by atoms with Gasteiger partial charge >= 0.3 is 0 Å². The van der Waals surface area contributed by atoms with Crippen LogP contribution in [0.2, 0.25) is 0 Å². The Hall–Kier alpha value is -1.58. The number of pyridine rings is 1. The normalized spacial score (nSPS) is 15.1. The lowest BCUT2D eigenvalue weighted by atomic mass is 9.90. The van der Waals surface area contributed by atoms with Crippen LogP contribution < -0.4 is 5.32 Å². The smallest absolute Gasteiger partial charge is 0.253 e. The molecule has 1 aliphatic rings. The second-order valence-electron chi connectivity index (χ2n) is 6.76. The Morgan fingerprint density at radius 2 is 2.05 bits per heavy atom. The van der Waals surface area contributed by atoms with Crippen LogP contribution in [0, 0.1) is 5.92 Å². The Morgan fingerprint density at radius 1 is 1.40 bits per heavy atom. The molecule has 20 heavy (non-hydrogen) atoms. The number of amides is 1. The zero-order chi connectivity index (χ0) is 14.9. The third-order valence-corrected chi connectivity index (χ3v) is 3.67. The van der Waals surface area contributed by atoms with Crippen LogP contribution in [0.15, 0.2) is 12.1 Å². The van der Waals surface area contributed by atoms with Gasteiger partial charge in [0.05, 0.1) is 0 Å². The SMILES string of the molecule is CNc1cc(C(=O)N(C)CC2CC2)cc(C(C)(C)C)n1. The molecule has 0 radical (unpaired) electrons. The van der Waals surface area contributed by atoms with Crippen molar-refractivity contribution in [1.82, 2.24) is 9.88 Å². The highest BCUT2D eigenvalue weighted by Gasteiger charge is 2.26. The van der Waals surface area contributed by atoms with E-state index in [1.54, 1.807) is 0 Å². The molecule has 0 aliphatic heterocycles. The third-order valence-electron chi connectivity index (χ3n) is 3.67.